The van der Waals surface area contributed by atoms with Crippen LogP contribution in [0.3, 0.4) is 0 Å². The Bertz CT molecular complexity index is 918. The molecule has 1 aliphatic heterocycles. The molecule has 0 amide bonds. The zero-order chi connectivity index (χ0) is 21.1. The van der Waals surface area contributed by atoms with Crippen molar-refractivity contribution in [3.63, 3.8) is 0 Å². The number of piperidine rings is 1. The van der Waals surface area contributed by atoms with E-state index in [0.29, 0.717) is 23.2 Å². The molecule has 1 aliphatic carbocycles. The van der Waals surface area contributed by atoms with Gasteiger partial charge in [-0.3, -0.25) is 0 Å². The molecule has 1 aromatic carbocycles. The molecule has 158 valence electrons. The number of aromatic nitrogens is 1. The highest BCUT2D eigenvalue weighted by molar-refractivity contribution is 5.51. The molecule has 2 fully saturated rings. The summed E-state index contributed by atoms with van der Waals surface area (Å²) in [7, 11) is 1.62. The number of nitriles is 1. The number of hydrogen-bond acceptors (Lipinski definition) is 6. The van der Waals surface area contributed by atoms with Crippen molar-refractivity contribution in [3.8, 4) is 23.4 Å². The lowest BCUT2D eigenvalue weighted by Gasteiger charge is -2.32. The first-order valence-corrected chi connectivity index (χ1v) is 10.8. The van der Waals surface area contributed by atoms with Crippen molar-refractivity contribution in [1.82, 2.24) is 9.88 Å². The van der Waals surface area contributed by atoms with Crippen LogP contribution in [0.15, 0.2) is 24.3 Å². The standard InChI is InChI=1S/C24H30N4O2/c1-16-10-19(14-25)11-17(2)24(16)30-21-12-22(27-23(13-21)29-3)26-20-6-8-28(9-7-20)15-18-4-5-18/h10-13,18,20H,4-9,15H2,1-3H3,(H,26,27). The van der Waals surface area contributed by atoms with E-state index in [0.717, 1.165) is 54.5 Å². The largest absolute Gasteiger partial charge is 0.481 e. The summed E-state index contributed by atoms with van der Waals surface area (Å²) in [5, 5.41) is 12.7. The summed E-state index contributed by atoms with van der Waals surface area (Å²) in [5.41, 5.74) is 2.50. The maximum Gasteiger partial charge on any atom is 0.218 e. The van der Waals surface area contributed by atoms with Gasteiger partial charge in [0.15, 0.2) is 0 Å². The molecule has 2 aliphatic rings. The van der Waals surface area contributed by atoms with Crippen LogP contribution in [0.2, 0.25) is 0 Å². The van der Waals surface area contributed by atoms with Crippen molar-refractivity contribution in [3.05, 3.63) is 41.0 Å². The summed E-state index contributed by atoms with van der Waals surface area (Å²) in [6.45, 7) is 7.47. The maximum atomic E-state index is 9.16. The van der Waals surface area contributed by atoms with Crippen molar-refractivity contribution in [1.29, 1.82) is 5.26 Å². The number of rotatable bonds is 7. The van der Waals surface area contributed by atoms with E-state index in [4.69, 9.17) is 14.7 Å². The molecule has 0 bridgehead atoms. The van der Waals surface area contributed by atoms with Gasteiger partial charge < -0.3 is 19.7 Å². The molecular formula is C24H30N4O2. The SMILES string of the molecule is COc1cc(Oc2c(C)cc(C#N)cc2C)cc(NC2CCN(CC3CC3)CC2)n1. The number of ether oxygens (including phenoxy) is 2. The molecule has 2 aromatic rings. The van der Waals surface area contributed by atoms with Crippen molar-refractivity contribution in [2.45, 2.75) is 45.6 Å². The third-order valence-corrected chi connectivity index (χ3v) is 5.95. The highest BCUT2D eigenvalue weighted by atomic mass is 16.5. The van der Waals surface area contributed by atoms with Gasteiger partial charge in [0, 0.05) is 37.8 Å². The number of hydrogen-bond donors (Lipinski definition) is 1. The minimum atomic E-state index is 0.409. The molecule has 2 heterocycles. The molecule has 1 aromatic heterocycles. The van der Waals surface area contributed by atoms with Crippen LogP contribution in [-0.2, 0) is 0 Å². The predicted octanol–water partition coefficient (Wildman–Crippen LogP) is 4.66. The summed E-state index contributed by atoms with van der Waals surface area (Å²) in [5.74, 6) is 3.68. The van der Waals surface area contributed by atoms with Gasteiger partial charge in [0.25, 0.3) is 0 Å². The van der Waals surface area contributed by atoms with Crippen LogP contribution >= 0.6 is 0 Å². The first-order chi connectivity index (χ1) is 14.5. The molecule has 30 heavy (non-hydrogen) atoms. The first kappa shape index (κ1) is 20.5. The number of methoxy groups -OCH3 is 1. The van der Waals surface area contributed by atoms with E-state index < -0.39 is 0 Å². The molecule has 1 saturated heterocycles. The molecule has 1 N–H and O–H groups in total. The van der Waals surface area contributed by atoms with Crippen LogP contribution in [0.5, 0.6) is 17.4 Å². The minimum Gasteiger partial charge on any atom is -0.481 e. The molecule has 0 atom stereocenters. The average molecular weight is 407 g/mol. The van der Waals surface area contributed by atoms with Gasteiger partial charge in [-0.25, -0.2) is 0 Å². The Hall–Kier alpha value is -2.78. The smallest absolute Gasteiger partial charge is 0.218 e. The van der Waals surface area contributed by atoms with Crippen LogP contribution in [0.1, 0.15) is 42.4 Å². The lowest BCUT2D eigenvalue weighted by atomic mass is 10.0. The second-order valence-corrected chi connectivity index (χ2v) is 8.55. The fraction of sp³-hybridized carbons (Fsp3) is 0.500. The van der Waals surface area contributed by atoms with E-state index >= 15 is 0 Å². The van der Waals surface area contributed by atoms with E-state index in [2.05, 4.69) is 21.3 Å². The lowest BCUT2D eigenvalue weighted by molar-refractivity contribution is 0.211. The summed E-state index contributed by atoms with van der Waals surface area (Å²) in [6.07, 6.45) is 5.06. The summed E-state index contributed by atoms with van der Waals surface area (Å²) in [4.78, 5) is 7.16. The molecule has 0 radical (unpaired) electrons. The van der Waals surface area contributed by atoms with E-state index in [-0.39, 0.29) is 0 Å². The number of aryl methyl sites for hydroxylation is 2. The van der Waals surface area contributed by atoms with Crippen LogP contribution in [0.4, 0.5) is 5.82 Å². The predicted molar refractivity (Wildman–Crippen MR) is 117 cm³/mol. The van der Waals surface area contributed by atoms with Crippen LogP contribution < -0.4 is 14.8 Å². The second-order valence-electron chi connectivity index (χ2n) is 8.55. The zero-order valence-electron chi connectivity index (χ0n) is 18.1. The van der Waals surface area contributed by atoms with Gasteiger partial charge in [-0.2, -0.15) is 10.2 Å². The Morgan fingerprint density at radius 1 is 1.10 bits per heavy atom. The quantitative estimate of drug-likeness (QED) is 0.721. The van der Waals surface area contributed by atoms with E-state index in [1.165, 1.54) is 19.4 Å². The van der Waals surface area contributed by atoms with Crippen molar-refractivity contribution in [2.75, 3.05) is 32.1 Å². The Morgan fingerprint density at radius 3 is 2.40 bits per heavy atom. The Balaban J connectivity index is 1.45. The highest BCUT2D eigenvalue weighted by Crippen LogP contribution is 2.33. The normalized spacial score (nSPS) is 17.4. The van der Waals surface area contributed by atoms with Crippen LogP contribution in [0.25, 0.3) is 0 Å². The van der Waals surface area contributed by atoms with Crippen molar-refractivity contribution < 1.29 is 9.47 Å². The van der Waals surface area contributed by atoms with E-state index in [1.807, 2.05) is 32.0 Å². The number of nitrogens with zero attached hydrogens (tertiary/aromatic N) is 3. The number of anilines is 1. The average Bonchev–Trinajstić information content (AvgIpc) is 3.56. The molecule has 6 heteroatoms. The molecule has 0 spiro atoms. The van der Waals surface area contributed by atoms with Gasteiger partial charge in [0.2, 0.25) is 5.88 Å². The molecular weight excluding hydrogens is 376 g/mol. The van der Waals surface area contributed by atoms with Gasteiger partial charge in [0.1, 0.15) is 17.3 Å². The zero-order valence-corrected chi connectivity index (χ0v) is 18.1. The van der Waals surface area contributed by atoms with E-state index in [9.17, 15) is 0 Å². The number of likely N-dealkylation sites (tertiary alicyclic amines) is 1. The maximum absolute atomic E-state index is 9.16. The monoisotopic (exact) mass is 406 g/mol. The molecule has 4 rings (SSSR count). The number of benzene rings is 1. The first-order valence-electron chi connectivity index (χ1n) is 10.8. The molecule has 1 saturated carbocycles. The summed E-state index contributed by atoms with van der Waals surface area (Å²) < 4.78 is 11.6. The lowest BCUT2D eigenvalue weighted by Crippen LogP contribution is -2.40. The van der Waals surface area contributed by atoms with Crippen molar-refractivity contribution >= 4 is 5.82 Å². The van der Waals surface area contributed by atoms with Gasteiger partial charge >= 0.3 is 0 Å². The fourth-order valence-corrected chi connectivity index (χ4v) is 4.15. The Morgan fingerprint density at radius 2 is 1.80 bits per heavy atom. The number of pyridine rings is 1. The summed E-state index contributed by atoms with van der Waals surface area (Å²) in [6, 6.07) is 10.0. The molecule has 6 nitrogen and oxygen atoms in total. The van der Waals surface area contributed by atoms with Crippen molar-refractivity contribution in [2.24, 2.45) is 5.92 Å². The minimum absolute atomic E-state index is 0.409. The van der Waals surface area contributed by atoms with Gasteiger partial charge in [0.05, 0.1) is 18.7 Å². The third-order valence-electron chi connectivity index (χ3n) is 5.95. The van der Waals surface area contributed by atoms with Gasteiger partial charge in [-0.15, -0.1) is 0 Å². The Kier molecular flexibility index (Phi) is 6.10. The Labute approximate surface area is 178 Å². The van der Waals surface area contributed by atoms with E-state index in [1.54, 1.807) is 13.2 Å². The van der Waals surface area contributed by atoms with Gasteiger partial charge in [-0.1, -0.05) is 0 Å². The van der Waals surface area contributed by atoms with Crippen LogP contribution in [0, 0.1) is 31.1 Å². The topological polar surface area (TPSA) is 70.4 Å². The van der Waals surface area contributed by atoms with Crippen LogP contribution in [-0.4, -0.2) is 42.7 Å². The summed E-state index contributed by atoms with van der Waals surface area (Å²) >= 11 is 0. The highest BCUT2D eigenvalue weighted by Gasteiger charge is 2.27. The molecule has 0 unspecified atom stereocenters. The second kappa shape index (κ2) is 8.93. The number of nitrogens with one attached hydrogen (secondary N) is 1. The third kappa shape index (κ3) is 5.03. The van der Waals surface area contributed by atoms with Gasteiger partial charge in [-0.05, 0) is 68.7 Å². The fourth-order valence-electron chi connectivity index (χ4n) is 4.15.